The van der Waals surface area contributed by atoms with E-state index in [-0.39, 0.29) is 11.9 Å². The van der Waals surface area contributed by atoms with Crippen molar-refractivity contribution in [1.29, 1.82) is 0 Å². The monoisotopic (exact) mass is 449 g/mol. The van der Waals surface area contributed by atoms with Crippen molar-refractivity contribution in [2.24, 2.45) is 5.73 Å². The summed E-state index contributed by atoms with van der Waals surface area (Å²) in [4.78, 5) is 35.3. The Balaban J connectivity index is 1.98. The van der Waals surface area contributed by atoms with Crippen LogP contribution in [0.4, 0.5) is 4.79 Å². The van der Waals surface area contributed by atoms with Gasteiger partial charge in [0.05, 0.1) is 6.04 Å². The third kappa shape index (κ3) is 14.4. The first-order valence-corrected chi connectivity index (χ1v) is 11.4. The van der Waals surface area contributed by atoms with Crippen LogP contribution >= 0.6 is 0 Å². The molecule has 0 fully saturated rings. The van der Waals surface area contributed by atoms with Crippen molar-refractivity contribution in [3.8, 4) is 0 Å². The highest BCUT2D eigenvalue weighted by Gasteiger charge is 2.16. The van der Waals surface area contributed by atoms with Crippen LogP contribution in [0.2, 0.25) is 0 Å². The van der Waals surface area contributed by atoms with E-state index in [0.717, 1.165) is 37.7 Å². The second-order valence-electron chi connectivity index (χ2n) is 8.78. The summed E-state index contributed by atoms with van der Waals surface area (Å²) in [5.41, 5.74) is 6.37. The van der Waals surface area contributed by atoms with Crippen LogP contribution in [0.5, 0.6) is 0 Å². The van der Waals surface area contributed by atoms with Gasteiger partial charge in [0.2, 0.25) is 5.91 Å². The summed E-state index contributed by atoms with van der Waals surface area (Å²) < 4.78 is 10.4. The predicted octanol–water partition coefficient (Wildman–Crippen LogP) is 3.43. The number of nitrogens with two attached hydrogens (primary N) is 1. The first-order valence-electron chi connectivity index (χ1n) is 11.4. The minimum absolute atomic E-state index is 0.174. The van der Waals surface area contributed by atoms with Crippen molar-refractivity contribution in [3.63, 3.8) is 0 Å². The molecular formula is C24H39N3O5. The summed E-state index contributed by atoms with van der Waals surface area (Å²) in [6.07, 6.45) is 4.27. The van der Waals surface area contributed by atoms with Gasteiger partial charge in [0, 0.05) is 19.5 Å². The molecule has 0 saturated carbocycles. The zero-order chi connectivity index (χ0) is 23.8. The lowest BCUT2D eigenvalue weighted by Gasteiger charge is -2.19. The first-order chi connectivity index (χ1) is 15.2. The second kappa shape index (κ2) is 15.2. The molecule has 8 nitrogen and oxygen atoms in total. The van der Waals surface area contributed by atoms with Crippen molar-refractivity contribution in [1.82, 2.24) is 10.6 Å². The minimum Gasteiger partial charge on any atom is -0.461 e. The average Bonchev–Trinajstić information content (AvgIpc) is 2.73. The van der Waals surface area contributed by atoms with Crippen LogP contribution < -0.4 is 16.4 Å². The second-order valence-corrected chi connectivity index (χ2v) is 8.78. The molecule has 0 aromatic heterocycles. The maximum absolute atomic E-state index is 12.0. The lowest BCUT2D eigenvalue weighted by molar-refractivity contribution is -0.145. The lowest BCUT2D eigenvalue weighted by atomic mass is 10.1. The third-order valence-corrected chi connectivity index (χ3v) is 4.55. The highest BCUT2D eigenvalue weighted by Crippen LogP contribution is 2.07. The number of ether oxygens (including phenoxy) is 2. The Morgan fingerprint density at radius 2 is 1.59 bits per heavy atom. The fourth-order valence-corrected chi connectivity index (χ4v) is 2.85. The number of hydrogen-bond donors (Lipinski definition) is 3. The van der Waals surface area contributed by atoms with Crippen molar-refractivity contribution in [3.05, 3.63) is 35.9 Å². The minimum atomic E-state index is -0.565. The van der Waals surface area contributed by atoms with Crippen LogP contribution in [0.25, 0.3) is 0 Å². The Kier molecular flexibility index (Phi) is 13.1. The van der Waals surface area contributed by atoms with Crippen LogP contribution in [-0.4, -0.2) is 42.7 Å². The molecule has 8 heteroatoms. The van der Waals surface area contributed by atoms with Crippen LogP contribution in [0.3, 0.4) is 0 Å². The van der Waals surface area contributed by atoms with Gasteiger partial charge in [-0.15, -0.1) is 0 Å². The molecule has 0 spiro atoms. The third-order valence-electron chi connectivity index (χ3n) is 4.55. The van der Waals surface area contributed by atoms with Gasteiger partial charge in [-0.25, -0.2) is 4.79 Å². The topological polar surface area (TPSA) is 120 Å². The number of benzene rings is 1. The van der Waals surface area contributed by atoms with E-state index in [4.69, 9.17) is 15.2 Å². The quantitative estimate of drug-likeness (QED) is 0.296. The fraction of sp³-hybridized carbons (Fsp3) is 0.625. The summed E-state index contributed by atoms with van der Waals surface area (Å²) in [5, 5.41) is 5.52. The number of nitrogens with one attached hydrogen (secondary N) is 2. The normalized spacial score (nSPS) is 12.0. The van der Waals surface area contributed by atoms with Crippen molar-refractivity contribution in [2.75, 3.05) is 13.1 Å². The number of alkyl carbamates (subject to hydrolysis) is 1. The van der Waals surface area contributed by atoms with E-state index in [1.54, 1.807) is 0 Å². The Labute approximate surface area is 191 Å². The molecule has 0 unspecified atom stereocenters. The highest BCUT2D eigenvalue weighted by molar-refractivity contribution is 5.81. The molecule has 2 amide bonds. The lowest BCUT2D eigenvalue weighted by Crippen LogP contribution is -2.41. The van der Waals surface area contributed by atoms with Gasteiger partial charge < -0.3 is 25.8 Å². The van der Waals surface area contributed by atoms with Crippen LogP contribution in [0.15, 0.2) is 30.3 Å². The number of carbonyl (C=O) groups is 3. The summed E-state index contributed by atoms with van der Waals surface area (Å²) in [6.45, 7) is 6.75. The Morgan fingerprint density at radius 1 is 0.938 bits per heavy atom. The zero-order valence-corrected chi connectivity index (χ0v) is 19.7. The Bertz CT molecular complexity index is 689. The molecule has 32 heavy (non-hydrogen) atoms. The molecule has 0 aliphatic heterocycles. The number of unbranched alkanes of at least 4 members (excludes halogenated alkanes) is 3. The van der Waals surface area contributed by atoms with E-state index in [1.165, 1.54) is 0 Å². The fourth-order valence-electron chi connectivity index (χ4n) is 2.85. The van der Waals surface area contributed by atoms with E-state index >= 15 is 0 Å². The molecule has 0 radical (unpaired) electrons. The molecule has 1 aromatic rings. The maximum atomic E-state index is 12.0. The molecule has 180 valence electrons. The molecule has 1 aromatic carbocycles. The highest BCUT2D eigenvalue weighted by atomic mass is 16.6. The van der Waals surface area contributed by atoms with E-state index in [0.29, 0.717) is 32.5 Å². The molecular weight excluding hydrogens is 410 g/mol. The summed E-state index contributed by atoms with van der Waals surface area (Å²) in [6, 6.07) is 9.01. The van der Waals surface area contributed by atoms with Gasteiger partial charge in [-0.2, -0.15) is 0 Å². The van der Waals surface area contributed by atoms with Gasteiger partial charge in [0.15, 0.2) is 0 Å². The molecule has 0 aliphatic carbocycles. The van der Waals surface area contributed by atoms with Gasteiger partial charge in [0.25, 0.3) is 0 Å². The standard InChI is InChI=1S/C24H39N3O5/c1-24(2,3)32-23(30)27-17-11-9-14-20(25)22(29)26-16-10-5-8-15-21(28)31-18-19-12-6-4-7-13-19/h4,6-7,12-13,20H,5,8-11,14-18,25H2,1-3H3,(H,26,29)(H,27,30)/t20-/m0/s1. The van der Waals surface area contributed by atoms with Crippen LogP contribution in [0, 0.1) is 0 Å². The van der Waals surface area contributed by atoms with E-state index in [2.05, 4.69) is 10.6 Å². The molecule has 0 aliphatic rings. The van der Waals surface area contributed by atoms with Gasteiger partial charge in [-0.05, 0) is 58.4 Å². The number of carbonyl (C=O) groups excluding carboxylic acids is 3. The molecule has 0 bridgehead atoms. The van der Waals surface area contributed by atoms with Crippen LogP contribution in [-0.2, 0) is 25.7 Å². The number of hydrogen-bond acceptors (Lipinski definition) is 6. The SMILES string of the molecule is CC(C)(C)OC(=O)NCCCC[C@H](N)C(=O)NCCCCCC(=O)OCc1ccccc1. The average molecular weight is 450 g/mol. The predicted molar refractivity (Wildman–Crippen MR) is 124 cm³/mol. The summed E-state index contributed by atoms with van der Waals surface area (Å²) in [7, 11) is 0. The molecule has 1 rings (SSSR count). The summed E-state index contributed by atoms with van der Waals surface area (Å²) in [5.74, 6) is -0.381. The molecule has 0 heterocycles. The van der Waals surface area contributed by atoms with Crippen molar-refractivity contribution >= 4 is 18.0 Å². The van der Waals surface area contributed by atoms with Crippen molar-refractivity contribution < 1.29 is 23.9 Å². The van der Waals surface area contributed by atoms with Crippen LogP contribution in [0.1, 0.15) is 71.3 Å². The summed E-state index contributed by atoms with van der Waals surface area (Å²) >= 11 is 0. The number of rotatable bonds is 14. The maximum Gasteiger partial charge on any atom is 0.407 e. The molecule has 4 N–H and O–H groups in total. The largest absolute Gasteiger partial charge is 0.461 e. The Morgan fingerprint density at radius 3 is 2.28 bits per heavy atom. The molecule has 1 atom stereocenters. The van der Waals surface area contributed by atoms with Gasteiger partial charge in [-0.1, -0.05) is 36.8 Å². The van der Waals surface area contributed by atoms with Gasteiger partial charge in [0.1, 0.15) is 12.2 Å². The van der Waals surface area contributed by atoms with Crippen molar-refractivity contribution in [2.45, 2.75) is 84.0 Å². The smallest absolute Gasteiger partial charge is 0.407 e. The van der Waals surface area contributed by atoms with E-state index < -0.39 is 17.7 Å². The molecule has 0 saturated heterocycles. The van der Waals surface area contributed by atoms with Gasteiger partial charge >= 0.3 is 12.1 Å². The Hall–Kier alpha value is -2.61. The van der Waals surface area contributed by atoms with E-state index in [9.17, 15) is 14.4 Å². The van der Waals surface area contributed by atoms with E-state index in [1.807, 2.05) is 51.1 Å². The number of esters is 1. The number of amides is 2. The first kappa shape index (κ1) is 27.4. The zero-order valence-electron chi connectivity index (χ0n) is 19.7. The van der Waals surface area contributed by atoms with Gasteiger partial charge in [-0.3, -0.25) is 9.59 Å².